The second-order valence-electron chi connectivity index (χ2n) is 6.27. The summed E-state index contributed by atoms with van der Waals surface area (Å²) in [4.78, 5) is 38.4. The number of aliphatic hydroxyl groups excluding tert-OH is 1. The molecule has 1 unspecified atom stereocenters. The second-order valence-corrected chi connectivity index (χ2v) is 6.27. The molecule has 21 heavy (non-hydrogen) atoms. The van der Waals surface area contributed by atoms with E-state index in [1.54, 1.807) is 7.05 Å². The van der Waals surface area contributed by atoms with Gasteiger partial charge in [0.15, 0.2) is 0 Å². The molecule has 1 aliphatic rings. The molecule has 7 heteroatoms. The molecule has 2 N–H and O–H groups in total. The Kier molecular flexibility index (Phi) is 5.71. The van der Waals surface area contributed by atoms with Crippen LogP contribution in [0.5, 0.6) is 0 Å². The van der Waals surface area contributed by atoms with E-state index in [4.69, 9.17) is 0 Å². The normalized spacial score (nSPS) is 18.9. The van der Waals surface area contributed by atoms with Crippen LogP contribution in [0.2, 0.25) is 0 Å². The summed E-state index contributed by atoms with van der Waals surface area (Å²) in [6.45, 7) is 6.29. The van der Waals surface area contributed by atoms with Gasteiger partial charge in [0.1, 0.15) is 6.04 Å². The predicted molar refractivity (Wildman–Crippen MR) is 77.4 cm³/mol. The smallest absolute Gasteiger partial charge is 0.324 e. The Bertz CT molecular complexity index is 422. The van der Waals surface area contributed by atoms with Crippen molar-refractivity contribution >= 4 is 17.8 Å². The van der Waals surface area contributed by atoms with Crippen LogP contribution < -0.4 is 5.32 Å². The van der Waals surface area contributed by atoms with Crippen LogP contribution in [0.4, 0.5) is 4.79 Å². The number of amides is 4. The lowest BCUT2D eigenvalue weighted by molar-refractivity contribution is -0.135. The van der Waals surface area contributed by atoms with E-state index in [0.717, 1.165) is 4.90 Å². The van der Waals surface area contributed by atoms with Crippen molar-refractivity contribution in [2.75, 3.05) is 26.7 Å². The quantitative estimate of drug-likeness (QED) is 0.656. The molecule has 0 bridgehead atoms. The third-order valence-corrected chi connectivity index (χ3v) is 3.45. The number of hydrogen-bond donors (Lipinski definition) is 2. The highest BCUT2D eigenvalue weighted by molar-refractivity contribution is 6.05. The maximum absolute atomic E-state index is 12.1. The van der Waals surface area contributed by atoms with Gasteiger partial charge < -0.3 is 15.3 Å². The first-order valence-corrected chi connectivity index (χ1v) is 7.18. The Morgan fingerprint density at radius 2 is 2.05 bits per heavy atom. The molecule has 7 nitrogen and oxygen atoms in total. The number of aliphatic hydroxyl groups is 1. The van der Waals surface area contributed by atoms with Crippen molar-refractivity contribution in [2.24, 2.45) is 5.41 Å². The van der Waals surface area contributed by atoms with E-state index in [0.29, 0.717) is 19.5 Å². The molecule has 1 heterocycles. The Morgan fingerprint density at radius 1 is 1.43 bits per heavy atom. The standard InChI is InChI=1S/C14H25N3O4/c1-5-6-17-12(20)10(15-13(17)21)7-11(19)16(4)8-14(2,3)9-18/h10,18H,5-9H2,1-4H3,(H,15,21). The molecule has 0 spiro atoms. The van der Waals surface area contributed by atoms with Crippen molar-refractivity contribution in [1.82, 2.24) is 15.1 Å². The van der Waals surface area contributed by atoms with Crippen LogP contribution in [-0.4, -0.2) is 65.5 Å². The number of nitrogens with zero attached hydrogens (tertiary/aromatic N) is 2. The zero-order valence-corrected chi connectivity index (χ0v) is 13.2. The van der Waals surface area contributed by atoms with Crippen molar-refractivity contribution in [2.45, 2.75) is 39.7 Å². The monoisotopic (exact) mass is 299 g/mol. The van der Waals surface area contributed by atoms with Gasteiger partial charge in [-0.1, -0.05) is 20.8 Å². The molecule has 1 saturated heterocycles. The number of rotatable bonds is 7. The molecular weight excluding hydrogens is 274 g/mol. The minimum Gasteiger partial charge on any atom is -0.396 e. The van der Waals surface area contributed by atoms with Crippen LogP contribution in [-0.2, 0) is 9.59 Å². The summed E-state index contributed by atoms with van der Waals surface area (Å²) in [5.41, 5.74) is -0.401. The van der Waals surface area contributed by atoms with Crippen molar-refractivity contribution in [3.05, 3.63) is 0 Å². The molecule has 0 aliphatic carbocycles. The summed E-state index contributed by atoms with van der Waals surface area (Å²) in [7, 11) is 1.63. The van der Waals surface area contributed by atoms with Crippen LogP contribution in [0.25, 0.3) is 0 Å². The predicted octanol–water partition coefficient (Wildman–Crippen LogP) is 0.184. The molecule has 0 aromatic carbocycles. The van der Waals surface area contributed by atoms with Gasteiger partial charge in [0, 0.05) is 32.2 Å². The minimum atomic E-state index is -0.781. The summed E-state index contributed by atoms with van der Waals surface area (Å²) in [5, 5.41) is 11.8. The first-order valence-electron chi connectivity index (χ1n) is 7.18. The van der Waals surface area contributed by atoms with E-state index in [2.05, 4.69) is 5.32 Å². The van der Waals surface area contributed by atoms with Crippen molar-refractivity contribution in [3.8, 4) is 0 Å². The number of hydrogen-bond acceptors (Lipinski definition) is 4. The fraction of sp³-hybridized carbons (Fsp3) is 0.786. The average molecular weight is 299 g/mol. The zero-order chi connectivity index (χ0) is 16.2. The maximum atomic E-state index is 12.1. The summed E-state index contributed by atoms with van der Waals surface area (Å²) in [6.07, 6.45) is 0.632. The molecule has 1 atom stereocenters. The highest BCUT2D eigenvalue weighted by Gasteiger charge is 2.39. The van der Waals surface area contributed by atoms with Gasteiger partial charge >= 0.3 is 6.03 Å². The van der Waals surface area contributed by atoms with Crippen LogP contribution >= 0.6 is 0 Å². The van der Waals surface area contributed by atoms with E-state index in [1.165, 1.54) is 4.90 Å². The first-order chi connectivity index (χ1) is 9.71. The molecule has 0 aromatic heterocycles. The Morgan fingerprint density at radius 3 is 2.57 bits per heavy atom. The summed E-state index contributed by atoms with van der Waals surface area (Å²) in [6, 6.07) is -1.21. The van der Waals surface area contributed by atoms with E-state index < -0.39 is 17.5 Å². The molecular formula is C14H25N3O4. The van der Waals surface area contributed by atoms with Gasteiger partial charge in [-0.3, -0.25) is 14.5 Å². The highest BCUT2D eigenvalue weighted by Crippen LogP contribution is 2.17. The number of carbonyl (C=O) groups excluding carboxylic acids is 3. The zero-order valence-electron chi connectivity index (χ0n) is 13.2. The van der Waals surface area contributed by atoms with Crippen molar-refractivity contribution in [3.63, 3.8) is 0 Å². The number of nitrogens with one attached hydrogen (secondary N) is 1. The fourth-order valence-corrected chi connectivity index (χ4v) is 2.26. The number of carbonyl (C=O) groups is 3. The van der Waals surface area contributed by atoms with E-state index >= 15 is 0 Å². The largest absolute Gasteiger partial charge is 0.396 e. The van der Waals surface area contributed by atoms with E-state index in [-0.39, 0.29) is 24.8 Å². The molecule has 0 radical (unpaired) electrons. The summed E-state index contributed by atoms with van der Waals surface area (Å²) in [5.74, 6) is -0.571. The Balaban J connectivity index is 2.59. The van der Waals surface area contributed by atoms with Crippen LogP contribution in [0, 0.1) is 5.41 Å². The van der Waals surface area contributed by atoms with Gasteiger partial charge in [0.2, 0.25) is 5.91 Å². The molecule has 1 rings (SSSR count). The highest BCUT2D eigenvalue weighted by atomic mass is 16.3. The fourth-order valence-electron chi connectivity index (χ4n) is 2.26. The topological polar surface area (TPSA) is 90.0 Å². The van der Waals surface area contributed by atoms with E-state index in [1.807, 2.05) is 20.8 Å². The summed E-state index contributed by atoms with van der Waals surface area (Å²) < 4.78 is 0. The van der Waals surface area contributed by atoms with Gasteiger partial charge in [-0.2, -0.15) is 0 Å². The van der Waals surface area contributed by atoms with Gasteiger partial charge in [-0.15, -0.1) is 0 Å². The number of urea groups is 1. The maximum Gasteiger partial charge on any atom is 0.324 e. The van der Waals surface area contributed by atoms with Gasteiger partial charge in [0.05, 0.1) is 6.42 Å². The van der Waals surface area contributed by atoms with Crippen molar-refractivity contribution in [1.29, 1.82) is 0 Å². The van der Waals surface area contributed by atoms with Crippen LogP contribution in [0.1, 0.15) is 33.6 Å². The summed E-state index contributed by atoms with van der Waals surface area (Å²) >= 11 is 0. The first kappa shape index (κ1) is 17.4. The SMILES string of the molecule is CCCN1C(=O)NC(CC(=O)N(C)CC(C)(C)CO)C1=O. The van der Waals surface area contributed by atoms with Crippen LogP contribution in [0.15, 0.2) is 0 Å². The molecule has 4 amide bonds. The van der Waals surface area contributed by atoms with Gasteiger partial charge in [-0.25, -0.2) is 4.79 Å². The second kappa shape index (κ2) is 6.89. The Hall–Kier alpha value is -1.63. The average Bonchev–Trinajstić information content (AvgIpc) is 2.66. The Labute approximate surface area is 125 Å². The van der Waals surface area contributed by atoms with E-state index in [9.17, 15) is 19.5 Å². The third-order valence-electron chi connectivity index (χ3n) is 3.45. The van der Waals surface area contributed by atoms with Crippen LogP contribution in [0.3, 0.4) is 0 Å². The molecule has 1 aliphatic heterocycles. The molecule has 120 valence electrons. The molecule has 1 fully saturated rings. The minimum absolute atomic E-state index is 0.0337. The number of imide groups is 1. The van der Waals surface area contributed by atoms with Crippen molar-refractivity contribution < 1.29 is 19.5 Å². The molecule has 0 aromatic rings. The van der Waals surface area contributed by atoms with Gasteiger partial charge in [0.25, 0.3) is 5.91 Å². The third kappa shape index (κ3) is 4.42. The van der Waals surface area contributed by atoms with Gasteiger partial charge in [-0.05, 0) is 6.42 Å². The molecule has 0 saturated carbocycles. The lowest BCUT2D eigenvalue weighted by atomic mass is 9.94. The lowest BCUT2D eigenvalue weighted by Gasteiger charge is -2.29. The lowest BCUT2D eigenvalue weighted by Crippen LogP contribution is -2.41.